The van der Waals surface area contributed by atoms with Gasteiger partial charge in [0.1, 0.15) is 0 Å². The van der Waals surface area contributed by atoms with E-state index in [0.717, 1.165) is 25.7 Å². The number of carbonyl (C=O) groups is 1. The van der Waals surface area contributed by atoms with E-state index in [9.17, 15) is 14.9 Å². The molecule has 4 bridgehead atoms. The molecule has 4 rings (SSSR count). The Bertz CT molecular complexity index is 314. The minimum Gasteiger partial charge on any atom is -0.292 e. The molecule has 0 saturated heterocycles. The van der Waals surface area contributed by atoms with Gasteiger partial charge in [-0.15, -0.1) is 0 Å². The summed E-state index contributed by atoms with van der Waals surface area (Å²) < 4.78 is 0. The molecule has 4 nitrogen and oxygen atoms in total. The maximum atomic E-state index is 12.0. The molecule has 0 aromatic rings. The van der Waals surface area contributed by atoms with Crippen molar-refractivity contribution in [2.45, 2.75) is 38.1 Å². The average Bonchev–Trinajstić information content (AvgIpc) is 2.28. The molecule has 0 heterocycles. The van der Waals surface area contributed by atoms with Crippen LogP contribution >= 0.6 is 0 Å². The summed E-state index contributed by atoms with van der Waals surface area (Å²) in [6.45, 7) is 0. The van der Waals surface area contributed by atoms with Crippen molar-refractivity contribution >= 4 is 5.78 Å². The number of hydrogen-bond acceptors (Lipinski definition) is 3. The summed E-state index contributed by atoms with van der Waals surface area (Å²) in [5, 5.41) is 11.0. The van der Waals surface area contributed by atoms with Gasteiger partial charge in [-0.1, -0.05) is 0 Å². The monoisotopic (exact) mass is 209 g/mol. The smallest absolute Gasteiger partial charge is 0.273 e. The molecule has 3 unspecified atom stereocenters. The summed E-state index contributed by atoms with van der Waals surface area (Å²) in [4.78, 5) is 22.6. The fourth-order valence-corrected chi connectivity index (χ4v) is 4.14. The normalized spacial score (nSPS) is 48.0. The van der Waals surface area contributed by atoms with Gasteiger partial charge in [0.25, 0.3) is 6.04 Å². The molecule has 0 aliphatic heterocycles. The summed E-state index contributed by atoms with van der Waals surface area (Å²) in [7, 11) is 0. The van der Waals surface area contributed by atoms with Crippen molar-refractivity contribution in [2.75, 3.05) is 0 Å². The number of fused-ring (bicyclic) bond motifs is 1. The van der Waals surface area contributed by atoms with E-state index in [0.29, 0.717) is 11.8 Å². The van der Waals surface area contributed by atoms with Gasteiger partial charge in [-0.05, 0) is 43.9 Å². The molecule has 82 valence electrons. The van der Waals surface area contributed by atoms with Gasteiger partial charge in [-0.3, -0.25) is 14.9 Å². The minimum atomic E-state index is -0.870. The van der Waals surface area contributed by atoms with E-state index >= 15 is 0 Å². The molecule has 0 aromatic carbocycles. The van der Waals surface area contributed by atoms with Gasteiger partial charge in [0.2, 0.25) is 5.78 Å². The van der Waals surface area contributed by atoms with Gasteiger partial charge < -0.3 is 0 Å². The van der Waals surface area contributed by atoms with E-state index < -0.39 is 6.04 Å². The van der Waals surface area contributed by atoms with E-state index in [4.69, 9.17) is 0 Å². The van der Waals surface area contributed by atoms with E-state index in [1.165, 1.54) is 6.42 Å². The molecule has 0 N–H and O–H groups in total. The number of nitro groups is 1. The summed E-state index contributed by atoms with van der Waals surface area (Å²) in [5.41, 5.74) is 0. The molecule has 0 radical (unpaired) electrons. The molecular weight excluding hydrogens is 194 g/mol. The molecule has 4 fully saturated rings. The molecule has 4 saturated carbocycles. The molecule has 3 atom stereocenters. The first-order chi connectivity index (χ1) is 7.15. The van der Waals surface area contributed by atoms with E-state index in [1.807, 2.05) is 0 Å². The third-order valence-electron chi connectivity index (χ3n) is 4.54. The highest BCUT2D eigenvalue weighted by atomic mass is 16.6. The van der Waals surface area contributed by atoms with Crippen LogP contribution in [0, 0.1) is 33.8 Å². The predicted octanol–water partition coefficient (Wildman–Crippen LogP) is 1.66. The quantitative estimate of drug-likeness (QED) is 0.487. The number of ketones is 1. The Hall–Kier alpha value is -0.930. The maximum Gasteiger partial charge on any atom is 0.273 e. The van der Waals surface area contributed by atoms with Gasteiger partial charge in [0.05, 0.1) is 0 Å². The molecule has 15 heavy (non-hydrogen) atoms. The second-order valence-corrected chi connectivity index (χ2v) is 5.50. The Morgan fingerprint density at radius 3 is 2.20 bits per heavy atom. The summed E-state index contributed by atoms with van der Waals surface area (Å²) in [6.07, 6.45) is 4.91. The number of nitrogens with zero attached hydrogens (tertiary/aromatic N) is 1. The van der Waals surface area contributed by atoms with Gasteiger partial charge in [-0.2, -0.15) is 0 Å². The molecule has 4 aliphatic rings. The van der Waals surface area contributed by atoms with Crippen molar-refractivity contribution in [3.8, 4) is 0 Å². The van der Waals surface area contributed by atoms with Gasteiger partial charge in [0, 0.05) is 16.8 Å². The number of carbonyl (C=O) groups excluding carboxylic acids is 1. The zero-order chi connectivity index (χ0) is 10.6. The second-order valence-electron chi connectivity index (χ2n) is 5.50. The van der Waals surface area contributed by atoms with E-state index in [1.54, 1.807) is 0 Å². The highest BCUT2D eigenvalue weighted by Gasteiger charge is 2.53. The zero-order valence-corrected chi connectivity index (χ0v) is 8.59. The van der Waals surface area contributed by atoms with Crippen LogP contribution in [-0.4, -0.2) is 16.7 Å². The van der Waals surface area contributed by atoms with Crippen LogP contribution in [0.25, 0.3) is 0 Å². The van der Waals surface area contributed by atoms with Crippen molar-refractivity contribution in [2.24, 2.45) is 23.7 Å². The lowest BCUT2D eigenvalue weighted by atomic mass is 9.67. The average molecular weight is 209 g/mol. The third kappa shape index (κ3) is 1.30. The fraction of sp³-hybridized carbons (Fsp3) is 0.909. The molecule has 0 spiro atoms. The van der Waals surface area contributed by atoms with Crippen molar-refractivity contribution in [1.82, 2.24) is 0 Å². The van der Waals surface area contributed by atoms with E-state index in [-0.39, 0.29) is 22.5 Å². The summed E-state index contributed by atoms with van der Waals surface area (Å²) in [6, 6.07) is -0.870. The standard InChI is InChI=1S/C11H15NO3/c13-11-9-4-6-1-7(5-9)3-8(2-6)10(11)12(14)15/h6-10H,1-5H2. The first-order valence-electron chi connectivity index (χ1n) is 5.82. The van der Waals surface area contributed by atoms with Crippen LogP contribution in [0.1, 0.15) is 32.1 Å². The fourth-order valence-electron chi connectivity index (χ4n) is 4.14. The Kier molecular flexibility index (Phi) is 1.88. The maximum absolute atomic E-state index is 12.0. The lowest BCUT2D eigenvalue weighted by Gasteiger charge is -2.37. The second kappa shape index (κ2) is 3.03. The van der Waals surface area contributed by atoms with Crippen LogP contribution in [0.2, 0.25) is 0 Å². The van der Waals surface area contributed by atoms with Crippen LogP contribution < -0.4 is 0 Å². The van der Waals surface area contributed by atoms with Crippen LogP contribution in [0.3, 0.4) is 0 Å². The number of Topliss-reactive ketones (excluding diaryl/α,β-unsaturated/α-hetero) is 1. The van der Waals surface area contributed by atoms with Crippen molar-refractivity contribution in [3.63, 3.8) is 0 Å². The highest BCUT2D eigenvalue weighted by Crippen LogP contribution is 2.50. The minimum absolute atomic E-state index is 0.0108. The van der Waals surface area contributed by atoms with E-state index in [2.05, 4.69) is 0 Å². The van der Waals surface area contributed by atoms with Crippen molar-refractivity contribution < 1.29 is 9.72 Å². The Morgan fingerprint density at radius 2 is 1.67 bits per heavy atom. The van der Waals surface area contributed by atoms with Gasteiger partial charge >= 0.3 is 0 Å². The molecular formula is C11H15NO3. The lowest BCUT2D eigenvalue weighted by Crippen LogP contribution is -2.37. The topological polar surface area (TPSA) is 60.2 Å². The third-order valence-corrected chi connectivity index (χ3v) is 4.54. The highest BCUT2D eigenvalue weighted by molar-refractivity contribution is 5.86. The van der Waals surface area contributed by atoms with Crippen molar-refractivity contribution in [3.05, 3.63) is 10.1 Å². The van der Waals surface area contributed by atoms with Crippen LogP contribution in [0.4, 0.5) is 0 Å². The Balaban J connectivity index is 1.99. The Morgan fingerprint density at radius 1 is 1.07 bits per heavy atom. The first kappa shape index (κ1) is 9.31. The summed E-state index contributed by atoms with van der Waals surface area (Å²) >= 11 is 0. The van der Waals surface area contributed by atoms with Crippen molar-refractivity contribution in [1.29, 1.82) is 0 Å². The van der Waals surface area contributed by atoms with Gasteiger partial charge in [-0.25, -0.2) is 0 Å². The number of hydrogen-bond donors (Lipinski definition) is 0. The van der Waals surface area contributed by atoms with Crippen LogP contribution in [0.5, 0.6) is 0 Å². The van der Waals surface area contributed by atoms with Crippen LogP contribution in [0.15, 0.2) is 0 Å². The summed E-state index contributed by atoms with van der Waals surface area (Å²) in [5.74, 6) is 1.19. The molecule has 4 heteroatoms. The molecule has 4 aliphatic carbocycles. The Labute approximate surface area is 88.2 Å². The van der Waals surface area contributed by atoms with Gasteiger partial charge in [0.15, 0.2) is 0 Å². The van der Waals surface area contributed by atoms with Crippen LogP contribution in [-0.2, 0) is 4.79 Å². The SMILES string of the molecule is O=C1C2CC3CC(C2)CC(C3)C1[N+](=O)[O-]. The number of rotatable bonds is 1. The lowest BCUT2D eigenvalue weighted by molar-refractivity contribution is -0.517. The largest absolute Gasteiger partial charge is 0.292 e. The first-order valence-corrected chi connectivity index (χ1v) is 5.82. The molecule has 0 aromatic heterocycles. The molecule has 0 amide bonds. The zero-order valence-electron chi connectivity index (χ0n) is 8.59. The predicted molar refractivity (Wildman–Crippen MR) is 52.8 cm³/mol.